The minimum Gasteiger partial charge on any atom is -0.457 e. The van der Waals surface area contributed by atoms with Crippen molar-refractivity contribution < 1.29 is 30.8 Å². The van der Waals surface area contributed by atoms with Gasteiger partial charge in [-0.05, 0) is 91.2 Å². The number of carbonyl (C=O) groups is 1. The van der Waals surface area contributed by atoms with Crippen molar-refractivity contribution in [3.63, 3.8) is 0 Å². The smallest absolute Gasteiger partial charge is 0.259 e. The van der Waals surface area contributed by atoms with Crippen molar-refractivity contribution in [1.29, 1.82) is 0 Å². The molecule has 1 aliphatic heterocycles. The number of amides is 1. The van der Waals surface area contributed by atoms with Crippen LogP contribution in [0, 0.1) is 5.82 Å². The maximum atomic E-state index is 13.4. The lowest BCUT2D eigenvalue weighted by molar-refractivity contribution is 0.102. The quantitative estimate of drug-likeness (QED) is 0.170. The van der Waals surface area contributed by atoms with Crippen LogP contribution < -0.4 is 20.1 Å². The molecule has 10 nitrogen and oxygen atoms in total. The molecule has 0 unspecified atom stereocenters. The van der Waals surface area contributed by atoms with Gasteiger partial charge in [0.1, 0.15) is 17.3 Å². The van der Waals surface area contributed by atoms with Gasteiger partial charge in [-0.25, -0.2) is 21.2 Å². The summed E-state index contributed by atoms with van der Waals surface area (Å²) in [6.07, 6.45) is 3.73. The van der Waals surface area contributed by atoms with Gasteiger partial charge in [-0.3, -0.25) is 14.4 Å². The van der Waals surface area contributed by atoms with Crippen LogP contribution in [0.2, 0.25) is 0 Å². The van der Waals surface area contributed by atoms with Crippen LogP contribution in [0.1, 0.15) is 28.8 Å². The van der Waals surface area contributed by atoms with Crippen LogP contribution in [0.15, 0.2) is 95.9 Å². The first kappa shape index (κ1) is 35.7. The van der Waals surface area contributed by atoms with Crippen LogP contribution in [0.25, 0.3) is 0 Å². The number of halogens is 2. The third-order valence-corrected chi connectivity index (χ3v) is 9.17. The van der Waals surface area contributed by atoms with Crippen LogP contribution in [0.5, 0.6) is 11.5 Å². The fourth-order valence-corrected chi connectivity index (χ4v) is 6.70. The van der Waals surface area contributed by atoms with Gasteiger partial charge in [0.15, 0.2) is 9.84 Å². The van der Waals surface area contributed by atoms with E-state index in [0.29, 0.717) is 28.6 Å². The van der Waals surface area contributed by atoms with Gasteiger partial charge in [0.25, 0.3) is 5.91 Å². The molecule has 3 N–H and O–H groups in total. The molecule has 47 heavy (non-hydrogen) atoms. The monoisotopic (exact) mass is 702 g/mol. The summed E-state index contributed by atoms with van der Waals surface area (Å²) in [5, 5.41) is 6.09. The first-order valence-corrected chi connectivity index (χ1v) is 18.3. The number of benzene rings is 4. The summed E-state index contributed by atoms with van der Waals surface area (Å²) in [6, 6.07) is 24.5. The largest absolute Gasteiger partial charge is 0.457 e. The highest BCUT2D eigenvalue weighted by atomic mass is 35.5. The summed E-state index contributed by atoms with van der Waals surface area (Å²) in [7, 11) is -7.06. The molecule has 4 aromatic carbocycles. The number of hydrogen-bond acceptors (Lipinski definition) is 8. The summed E-state index contributed by atoms with van der Waals surface area (Å²) in [6.45, 7) is 2.34. The number of anilines is 3. The van der Waals surface area contributed by atoms with Crippen molar-refractivity contribution in [2.75, 3.05) is 41.0 Å². The minimum atomic E-state index is -3.71. The van der Waals surface area contributed by atoms with Crippen molar-refractivity contribution in [2.45, 2.75) is 30.3 Å². The van der Waals surface area contributed by atoms with Gasteiger partial charge >= 0.3 is 0 Å². The standard InChI is InChI=1S/C33H35FN4O6S2.ClH/c1-45(40,41)31-5-3-4-30(32(31)33(39)36-25-10-8-24(34)9-11-25)35-26-18-20-38(21-19-26)22-23-6-14-28(15-7-23)44-29-16-12-27(13-17-29)37-46(2,42)43;/h3-17,26,35,37H,18-22H2,1-2H3,(H,36,39);1H. The van der Waals surface area contributed by atoms with Crippen molar-refractivity contribution in [2.24, 2.45) is 0 Å². The number of nitrogens with zero attached hydrogens (tertiary/aromatic N) is 1. The maximum Gasteiger partial charge on any atom is 0.259 e. The van der Waals surface area contributed by atoms with E-state index in [4.69, 9.17) is 4.74 Å². The summed E-state index contributed by atoms with van der Waals surface area (Å²) < 4.78 is 69.6. The van der Waals surface area contributed by atoms with Crippen molar-refractivity contribution in [1.82, 2.24) is 4.90 Å². The highest BCUT2D eigenvalue weighted by Gasteiger charge is 2.26. The van der Waals surface area contributed by atoms with Crippen molar-refractivity contribution >= 4 is 55.2 Å². The summed E-state index contributed by atoms with van der Waals surface area (Å²) in [5.41, 5.74) is 2.39. The third kappa shape index (κ3) is 10.2. The van der Waals surface area contributed by atoms with Crippen molar-refractivity contribution in [3.05, 3.63) is 108 Å². The molecule has 0 aliphatic carbocycles. The fourth-order valence-electron chi connectivity index (χ4n) is 5.24. The van der Waals surface area contributed by atoms with E-state index in [2.05, 4.69) is 20.3 Å². The Balaban J connectivity index is 0.00000500. The lowest BCUT2D eigenvalue weighted by Gasteiger charge is -2.33. The zero-order valence-electron chi connectivity index (χ0n) is 25.8. The highest BCUT2D eigenvalue weighted by Crippen LogP contribution is 2.29. The second-order valence-electron chi connectivity index (χ2n) is 11.3. The molecule has 1 aliphatic rings. The molecule has 250 valence electrons. The molecule has 0 saturated carbocycles. The van der Waals surface area contributed by atoms with E-state index in [1.165, 1.54) is 30.3 Å². The Labute approximate surface area is 280 Å². The molecule has 0 radical (unpaired) electrons. The summed E-state index contributed by atoms with van der Waals surface area (Å²) >= 11 is 0. The number of piperidine rings is 1. The molecule has 14 heteroatoms. The zero-order chi connectivity index (χ0) is 32.9. The molecule has 0 bridgehead atoms. The number of hydrogen-bond donors (Lipinski definition) is 3. The van der Waals surface area contributed by atoms with Crippen LogP contribution in [-0.2, 0) is 26.4 Å². The van der Waals surface area contributed by atoms with Gasteiger partial charge < -0.3 is 15.4 Å². The van der Waals surface area contributed by atoms with E-state index in [0.717, 1.165) is 50.6 Å². The number of sulfone groups is 1. The topological polar surface area (TPSA) is 134 Å². The molecule has 0 atom stereocenters. The highest BCUT2D eigenvalue weighted by molar-refractivity contribution is 7.92. The van der Waals surface area contributed by atoms with E-state index >= 15 is 0 Å². The Morgan fingerprint density at radius 3 is 1.98 bits per heavy atom. The molecule has 1 heterocycles. The van der Waals surface area contributed by atoms with E-state index in [9.17, 15) is 26.0 Å². The van der Waals surface area contributed by atoms with Gasteiger partial charge in [0.05, 0.1) is 16.7 Å². The second-order valence-corrected chi connectivity index (χ2v) is 15.0. The van der Waals surface area contributed by atoms with Crippen molar-refractivity contribution in [3.8, 4) is 11.5 Å². The molecule has 0 aromatic heterocycles. The van der Waals surface area contributed by atoms with E-state index in [-0.39, 0.29) is 28.9 Å². The van der Waals surface area contributed by atoms with Crippen LogP contribution in [0.4, 0.5) is 21.5 Å². The van der Waals surface area contributed by atoms with E-state index < -0.39 is 31.6 Å². The summed E-state index contributed by atoms with van der Waals surface area (Å²) in [5.74, 6) is 0.201. The van der Waals surface area contributed by atoms with Gasteiger partial charge in [-0.15, -0.1) is 12.4 Å². The predicted octanol–water partition coefficient (Wildman–Crippen LogP) is 6.14. The molecule has 1 amide bonds. The Morgan fingerprint density at radius 2 is 1.40 bits per heavy atom. The van der Waals surface area contributed by atoms with Gasteiger partial charge in [0.2, 0.25) is 10.0 Å². The first-order chi connectivity index (χ1) is 21.8. The molecule has 1 saturated heterocycles. The second kappa shape index (κ2) is 15.2. The lowest BCUT2D eigenvalue weighted by atomic mass is 10.0. The summed E-state index contributed by atoms with van der Waals surface area (Å²) in [4.78, 5) is 15.6. The van der Waals surface area contributed by atoms with E-state index in [1.54, 1.807) is 36.4 Å². The molecular weight excluding hydrogens is 667 g/mol. The number of ether oxygens (including phenoxy) is 1. The maximum absolute atomic E-state index is 13.4. The number of rotatable bonds is 11. The molecule has 4 aromatic rings. The van der Waals surface area contributed by atoms with Crippen LogP contribution >= 0.6 is 12.4 Å². The molecule has 1 fully saturated rings. The Morgan fingerprint density at radius 1 is 0.830 bits per heavy atom. The third-order valence-electron chi connectivity index (χ3n) is 7.42. The van der Waals surface area contributed by atoms with Crippen LogP contribution in [0.3, 0.4) is 0 Å². The average molecular weight is 703 g/mol. The molecule has 0 spiro atoms. The van der Waals surface area contributed by atoms with Crippen LogP contribution in [-0.4, -0.2) is 59.3 Å². The molecular formula is C33H36ClFN4O6S2. The number of sulfonamides is 1. The molecule has 5 rings (SSSR count). The van der Waals surface area contributed by atoms with E-state index in [1.807, 2.05) is 24.3 Å². The minimum absolute atomic E-state index is 0. The fraction of sp³-hybridized carbons (Fsp3) is 0.242. The van der Waals surface area contributed by atoms with Gasteiger partial charge in [-0.2, -0.15) is 0 Å². The predicted molar refractivity (Wildman–Crippen MR) is 184 cm³/mol. The zero-order valence-corrected chi connectivity index (χ0v) is 28.2. The lowest BCUT2D eigenvalue weighted by Crippen LogP contribution is -2.39. The van der Waals surface area contributed by atoms with Gasteiger partial charge in [0, 0.05) is 49.0 Å². The SMILES string of the molecule is CS(=O)(=O)Nc1ccc(Oc2ccc(CN3CCC(Nc4cccc(S(C)(=O)=O)c4C(=O)Nc4ccc(F)cc4)CC3)cc2)cc1.Cl. The number of likely N-dealkylation sites (tertiary alicyclic amines) is 1. The first-order valence-electron chi connectivity index (χ1n) is 14.6. The Hall–Kier alpha value is -4.17. The average Bonchev–Trinajstić information content (AvgIpc) is 3.00. The Bertz CT molecular complexity index is 1900. The number of carbonyl (C=O) groups excluding carboxylic acids is 1. The van der Waals surface area contributed by atoms with Gasteiger partial charge in [-0.1, -0.05) is 18.2 Å². The normalized spacial score (nSPS) is 14.1. The number of nitrogens with one attached hydrogen (secondary N) is 3. The Kier molecular flexibility index (Phi) is 11.5.